The Morgan fingerprint density at radius 2 is 2.21 bits per heavy atom. The molecular formula is C14H18N4O. The summed E-state index contributed by atoms with van der Waals surface area (Å²) in [7, 11) is 0. The number of hydrogen-bond donors (Lipinski definition) is 2. The van der Waals surface area contributed by atoms with Crippen LogP contribution >= 0.6 is 0 Å². The van der Waals surface area contributed by atoms with Gasteiger partial charge < -0.3 is 15.1 Å². The van der Waals surface area contributed by atoms with Crippen molar-refractivity contribution in [1.82, 2.24) is 15.5 Å². The lowest BCUT2D eigenvalue weighted by molar-refractivity contribution is 0.390. The molecule has 1 aliphatic rings. The standard InChI is InChI=1S/C14H18N4O/c1-2-12(14-18-17-10-19-14)8-13(3-1)16-9-11-4-6-15-7-5-11/h1-3,8,10-11,15-16H,4-7,9H2. The molecule has 5 heteroatoms. The molecule has 0 amide bonds. The molecule has 5 nitrogen and oxygen atoms in total. The van der Waals surface area contributed by atoms with Crippen molar-refractivity contribution in [2.24, 2.45) is 5.92 Å². The van der Waals surface area contributed by atoms with Gasteiger partial charge in [0.2, 0.25) is 12.3 Å². The lowest BCUT2D eigenvalue weighted by Gasteiger charge is -2.23. The Kier molecular flexibility index (Phi) is 3.74. The molecule has 1 aromatic heterocycles. The van der Waals surface area contributed by atoms with Gasteiger partial charge in [0.05, 0.1) is 0 Å². The van der Waals surface area contributed by atoms with Crippen molar-refractivity contribution < 1.29 is 4.42 Å². The number of anilines is 1. The van der Waals surface area contributed by atoms with Gasteiger partial charge in [0, 0.05) is 17.8 Å². The molecule has 0 atom stereocenters. The Bertz CT molecular complexity index is 506. The molecule has 1 saturated heterocycles. The zero-order valence-electron chi connectivity index (χ0n) is 10.8. The number of nitrogens with zero attached hydrogens (tertiary/aromatic N) is 2. The molecule has 3 rings (SSSR count). The minimum atomic E-state index is 0.561. The molecule has 0 aliphatic carbocycles. The topological polar surface area (TPSA) is 63.0 Å². The Balaban J connectivity index is 1.63. The van der Waals surface area contributed by atoms with E-state index >= 15 is 0 Å². The van der Waals surface area contributed by atoms with Gasteiger partial charge in [-0.3, -0.25) is 0 Å². The lowest BCUT2D eigenvalue weighted by Crippen LogP contribution is -2.31. The van der Waals surface area contributed by atoms with Gasteiger partial charge in [0.1, 0.15) is 0 Å². The molecule has 0 unspecified atom stereocenters. The van der Waals surface area contributed by atoms with E-state index in [0.717, 1.165) is 36.8 Å². The molecule has 2 heterocycles. The van der Waals surface area contributed by atoms with E-state index < -0.39 is 0 Å². The van der Waals surface area contributed by atoms with E-state index in [0.29, 0.717) is 5.89 Å². The highest BCUT2D eigenvalue weighted by atomic mass is 16.4. The van der Waals surface area contributed by atoms with Crippen LogP contribution in [0.3, 0.4) is 0 Å². The first-order chi connectivity index (χ1) is 9.42. The molecule has 1 fully saturated rings. The number of benzene rings is 1. The van der Waals surface area contributed by atoms with Gasteiger partial charge in [-0.05, 0) is 50.0 Å². The summed E-state index contributed by atoms with van der Waals surface area (Å²) in [5, 5.41) is 14.5. The summed E-state index contributed by atoms with van der Waals surface area (Å²) in [5.74, 6) is 1.32. The molecule has 0 saturated carbocycles. The normalized spacial score (nSPS) is 16.4. The summed E-state index contributed by atoms with van der Waals surface area (Å²) >= 11 is 0. The van der Waals surface area contributed by atoms with E-state index in [1.165, 1.54) is 19.2 Å². The zero-order chi connectivity index (χ0) is 12.9. The van der Waals surface area contributed by atoms with Gasteiger partial charge in [-0.25, -0.2) is 0 Å². The van der Waals surface area contributed by atoms with Crippen molar-refractivity contribution in [3.63, 3.8) is 0 Å². The fourth-order valence-corrected chi connectivity index (χ4v) is 2.41. The van der Waals surface area contributed by atoms with Crippen LogP contribution in [0.1, 0.15) is 12.8 Å². The van der Waals surface area contributed by atoms with Crippen molar-refractivity contribution in [2.75, 3.05) is 25.0 Å². The van der Waals surface area contributed by atoms with E-state index in [1.807, 2.05) is 12.1 Å². The summed E-state index contributed by atoms with van der Waals surface area (Å²) < 4.78 is 5.21. The number of aromatic nitrogens is 2. The third-order valence-corrected chi connectivity index (χ3v) is 3.52. The second-order valence-electron chi connectivity index (χ2n) is 4.90. The van der Waals surface area contributed by atoms with Gasteiger partial charge in [-0.1, -0.05) is 6.07 Å². The van der Waals surface area contributed by atoms with Gasteiger partial charge in [-0.2, -0.15) is 0 Å². The maximum absolute atomic E-state index is 5.21. The number of piperidine rings is 1. The lowest BCUT2D eigenvalue weighted by atomic mass is 9.98. The van der Waals surface area contributed by atoms with Gasteiger partial charge >= 0.3 is 0 Å². The van der Waals surface area contributed by atoms with Gasteiger partial charge in [0.15, 0.2) is 0 Å². The molecule has 1 aliphatic heterocycles. The molecule has 19 heavy (non-hydrogen) atoms. The van der Waals surface area contributed by atoms with Crippen molar-refractivity contribution >= 4 is 5.69 Å². The van der Waals surface area contributed by atoms with E-state index in [2.05, 4.69) is 33.0 Å². The molecule has 0 spiro atoms. The second-order valence-corrected chi connectivity index (χ2v) is 4.90. The first-order valence-corrected chi connectivity index (χ1v) is 6.73. The fraction of sp³-hybridized carbons (Fsp3) is 0.429. The van der Waals surface area contributed by atoms with Crippen molar-refractivity contribution in [3.8, 4) is 11.5 Å². The van der Waals surface area contributed by atoms with E-state index in [9.17, 15) is 0 Å². The van der Waals surface area contributed by atoms with Crippen molar-refractivity contribution in [1.29, 1.82) is 0 Å². The fourth-order valence-electron chi connectivity index (χ4n) is 2.41. The molecule has 2 N–H and O–H groups in total. The van der Waals surface area contributed by atoms with Crippen LogP contribution in [-0.4, -0.2) is 29.8 Å². The van der Waals surface area contributed by atoms with Crippen LogP contribution in [0.5, 0.6) is 0 Å². The SMILES string of the molecule is c1cc(NCC2CCNCC2)cc(-c2nnco2)c1. The average molecular weight is 258 g/mol. The maximum atomic E-state index is 5.21. The van der Waals surface area contributed by atoms with E-state index in [-0.39, 0.29) is 0 Å². The van der Waals surface area contributed by atoms with Crippen LogP contribution < -0.4 is 10.6 Å². The van der Waals surface area contributed by atoms with Crippen LogP contribution in [0.25, 0.3) is 11.5 Å². The summed E-state index contributed by atoms with van der Waals surface area (Å²) in [5.41, 5.74) is 2.06. The Morgan fingerprint density at radius 3 is 3.00 bits per heavy atom. The van der Waals surface area contributed by atoms with Crippen LogP contribution in [0.2, 0.25) is 0 Å². The molecule has 100 valence electrons. The summed E-state index contributed by atoms with van der Waals surface area (Å²) in [4.78, 5) is 0. The van der Waals surface area contributed by atoms with Crippen LogP contribution in [0.15, 0.2) is 35.1 Å². The predicted octanol–water partition coefficient (Wildman–Crippen LogP) is 2.15. The smallest absolute Gasteiger partial charge is 0.247 e. The summed E-state index contributed by atoms with van der Waals surface area (Å²) in [6, 6.07) is 8.10. The quantitative estimate of drug-likeness (QED) is 0.879. The second kappa shape index (κ2) is 5.84. The summed E-state index contributed by atoms with van der Waals surface area (Å²) in [6.07, 6.45) is 3.84. The molecule has 1 aromatic carbocycles. The summed E-state index contributed by atoms with van der Waals surface area (Å²) in [6.45, 7) is 3.29. The largest absolute Gasteiger partial charge is 0.423 e. The highest BCUT2D eigenvalue weighted by Crippen LogP contribution is 2.21. The highest BCUT2D eigenvalue weighted by Gasteiger charge is 2.12. The van der Waals surface area contributed by atoms with E-state index in [4.69, 9.17) is 4.42 Å². The maximum Gasteiger partial charge on any atom is 0.247 e. The Labute approximate surface area is 112 Å². The van der Waals surface area contributed by atoms with E-state index in [1.54, 1.807) is 0 Å². The van der Waals surface area contributed by atoms with Crippen LogP contribution in [-0.2, 0) is 0 Å². The Hall–Kier alpha value is -1.88. The zero-order valence-corrected chi connectivity index (χ0v) is 10.8. The molecule has 2 aromatic rings. The number of rotatable bonds is 4. The van der Waals surface area contributed by atoms with Crippen molar-refractivity contribution in [2.45, 2.75) is 12.8 Å². The third kappa shape index (κ3) is 3.12. The van der Waals surface area contributed by atoms with Crippen LogP contribution in [0.4, 0.5) is 5.69 Å². The molecule has 0 bridgehead atoms. The Morgan fingerprint density at radius 1 is 1.32 bits per heavy atom. The number of nitrogens with one attached hydrogen (secondary N) is 2. The molecule has 0 radical (unpaired) electrons. The molecular weight excluding hydrogens is 240 g/mol. The van der Waals surface area contributed by atoms with Crippen LogP contribution in [0, 0.1) is 5.92 Å². The average Bonchev–Trinajstić information content (AvgIpc) is 3.01. The highest BCUT2D eigenvalue weighted by molar-refractivity contribution is 5.60. The van der Waals surface area contributed by atoms with Gasteiger partial charge in [-0.15, -0.1) is 10.2 Å². The predicted molar refractivity (Wildman–Crippen MR) is 73.8 cm³/mol. The number of hydrogen-bond acceptors (Lipinski definition) is 5. The monoisotopic (exact) mass is 258 g/mol. The van der Waals surface area contributed by atoms with Crippen molar-refractivity contribution in [3.05, 3.63) is 30.7 Å². The first-order valence-electron chi connectivity index (χ1n) is 6.73. The minimum Gasteiger partial charge on any atom is -0.423 e. The van der Waals surface area contributed by atoms with Gasteiger partial charge in [0.25, 0.3) is 0 Å². The third-order valence-electron chi connectivity index (χ3n) is 3.52. The first kappa shape index (κ1) is 12.2. The minimum absolute atomic E-state index is 0.561.